The largest absolute Gasteiger partial charge is 0.328 e. The van der Waals surface area contributed by atoms with E-state index >= 15 is 0 Å². The van der Waals surface area contributed by atoms with Crippen LogP contribution in [0.2, 0.25) is 0 Å². The molecule has 6 heteroatoms. The third-order valence-corrected chi connectivity index (χ3v) is 11.6. The fraction of sp³-hybridized carbons (Fsp3) is 0.406. The Hall–Kier alpha value is -2.96. The number of pyridine rings is 1. The Balaban J connectivity index is 1.38. The fourth-order valence-electron chi connectivity index (χ4n) is 8.16. The van der Waals surface area contributed by atoms with E-state index in [-0.39, 0.29) is 12.0 Å². The number of sulfonamides is 1. The second-order valence-corrected chi connectivity index (χ2v) is 13.7. The molecule has 0 unspecified atom stereocenters. The quantitative estimate of drug-likeness (QED) is 0.301. The minimum Gasteiger partial charge on any atom is -0.328 e. The number of rotatable bonds is 5. The highest BCUT2D eigenvalue weighted by Gasteiger charge is 2.57. The minimum atomic E-state index is -3.68. The van der Waals surface area contributed by atoms with Gasteiger partial charge in [-0.3, -0.25) is 0 Å². The van der Waals surface area contributed by atoms with E-state index in [4.69, 9.17) is 4.98 Å². The predicted octanol–water partition coefficient (Wildman–Crippen LogP) is 6.44. The van der Waals surface area contributed by atoms with Gasteiger partial charge in [0.05, 0.1) is 10.9 Å². The topological polar surface area (TPSA) is 55.2 Å². The van der Waals surface area contributed by atoms with Gasteiger partial charge >= 0.3 is 0 Å². The molecule has 6 atom stereocenters. The lowest BCUT2D eigenvalue weighted by Gasteiger charge is -2.49. The van der Waals surface area contributed by atoms with E-state index in [9.17, 15) is 8.42 Å². The molecule has 7 rings (SSSR count). The number of aryl methyl sites for hydroxylation is 1. The van der Waals surface area contributed by atoms with Crippen molar-refractivity contribution in [2.45, 2.75) is 50.6 Å². The van der Waals surface area contributed by atoms with Gasteiger partial charge in [0.2, 0.25) is 10.0 Å². The molecule has 3 fully saturated rings. The first-order valence-corrected chi connectivity index (χ1v) is 15.4. The lowest BCUT2D eigenvalue weighted by molar-refractivity contribution is 0.0301. The molecule has 5 nitrogen and oxygen atoms in total. The van der Waals surface area contributed by atoms with E-state index in [2.05, 4.69) is 48.0 Å². The highest BCUT2D eigenvalue weighted by molar-refractivity contribution is 7.89. The van der Waals surface area contributed by atoms with Crippen molar-refractivity contribution in [1.82, 2.24) is 13.9 Å². The number of aromatic nitrogens is 2. The molecule has 2 aromatic heterocycles. The Morgan fingerprint density at radius 2 is 1.71 bits per heavy atom. The van der Waals surface area contributed by atoms with E-state index < -0.39 is 10.0 Å². The van der Waals surface area contributed by atoms with Crippen LogP contribution in [0.15, 0.2) is 84.0 Å². The Bertz CT molecular complexity index is 1580. The molecule has 1 saturated heterocycles. The lowest BCUT2D eigenvalue weighted by Crippen LogP contribution is -2.51. The van der Waals surface area contributed by atoms with Crippen molar-refractivity contribution in [3.05, 3.63) is 95.8 Å². The molecule has 4 aromatic rings. The molecule has 1 aliphatic heterocycles. The summed E-state index contributed by atoms with van der Waals surface area (Å²) in [5.41, 5.74) is 4.28. The minimum absolute atomic E-state index is 0.217. The standard InChI is InChI=1S/C32H35N3O2S/c1-21-10-14-26(15-11-21)38(36,37)35-20-28-24-12-13-25(17-24)30(28)22(2)31(35)29-19-34(18-23-7-4-3-5-8-23)32-27(29)9-6-16-33-32/h3-11,14-16,19,22,24-25,28,30-31H,12-13,17-18,20H2,1-2H3/t22-,24+,25-,28-,30+,31-/m1/s1. The van der Waals surface area contributed by atoms with Gasteiger partial charge in [-0.1, -0.05) is 55.0 Å². The van der Waals surface area contributed by atoms with Crippen LogP contribution >= 0.6 is 0 Å². The summed E-state index contributed by atoms with van der Waals surface area (Å²) >= 11 is 0. The summed E-state index contributed by atoms with van der Waals surface area (Å²) in [6, 6.07) is 21.7. The van der Waals surface area contributed by atoms with Crippen molar-refractivity contribution in [1.29, 1.82) is 0 Å². The maximum Gasteiger partial charge on any atom is 0.243 e. The zero-order valence-corrected chi connectivity index (χ0v) is 22.9. The molecule has 0 spiro atoms. The van der Waals surface area contributed by atoms with E-state index in [1.54, 1.807) is 12.1 Å². The molecule has 38 heavy (non-hydrogen) atoms. The van der Waals surface area contributed by atoms with Crippen molar-refractivity contribution in [3.63, 3.8) is 0 Å². The Morgan fingerprint density at radius 3 is 2.50 bits per heavy atom. The second kappa shape index (κ2) is 9.06. The molecule has 0 radical (unpaired) electrons. The van der Waals surface area contributed by atoms with Crippen LogP contribution in [0.4, 0.5) is 0 Å². The number of hydrogen-bond donors (Lipinski definition) is 0. The normalized spacial score (nSPS) is 29.1. The lowest BCUT2D eigenvalue weighted by atomic mass is 9.67. The van der Waals surface area contributed by atoms with Gasteiger partial charge in [-0.15, -0.1) is 0 Å². The maximum atomic E-state index is 14.4. The second-order valence-electron chi connectivity index (χ2n) is 11.8. The van der Waals surface area contributed by atoms with Crippen molar-refractivity contribution in [2.24, 2.45) is 29.6 Å². The van der Waals surface area contributed by atoms with Gasteiger partial charge in [-0.2, -0.15) is 4.31 Å². The predicted molar refractivity (Wildman–Crippen MR) is 150 cm³/mol. The van der Waals surface area contributed by atoms with Gasteiger partial charge in [0, 0.05) is 30.9 Å². The molecule has 0 N–H and O–H groups in total. The van der Waals surface area contributed by atoms with Crippen LogP contribution in [0.3, 0.4) is 0 Å². The molecule has 3 aliphatic rings. The van der Waals surface area contributed by atoms with E-state index in [1.807, 2.05) is 41.7 Å². The highest BCUT2D eigenvalue weighted by Crippen LogP contribution is 2.61. The van der Waals surface area contributed by atoms with Crippen LogP contribution < -0.4 is 0 Å². The Morgan fingerprint density at radius 1 is 0.947 bits per heavy atom. The summed E-state index contributed by atoms with van der Waals surface area (Å²) in [4.78, 5) is 5.17. The van der Waals surface area contributed by atoms with Crippen molar-refractivity contribution < 1.29 is 8.42 Å². The number of piperidine rings is 1. The van der Waals surface area contributed by atoms with Crippen LogP contribution in [-0.4, -0.2) is 28.8 Å². The van der Waals surface area contributed by atoms with Gasteiger partial charge in [-0.05, 0) is 91.2 Å². The average molecular weight is 526 g/mol. The fourth-order valence-corrected chi connectivity index (χ4v) is 9.88. The molecule has 2 aromatic carbocycles. The van der Waals surface area contributed by atoms with Crippen molar-refractivity contribution >= 4 is 21.1 Å². The van der Waals surface area contributed by atoms with E-state index in [1.165, 1.54) is 24.8 Å². The first kappa shape index (κ1) is 24.1. The molecular formula is C32H35N3O2S. The number of benzene rings is 2. The monoisotopic (exact) mass is 525 g/mol. The smallest absolute Gasteiger partial charge is 0.243 e. The summed E-state index contributed by atoms with van der Waals surface area (Å²) in [7, 11) is -3.68. The highest BCUT2D eigenvalue weighted by atomic mass is 32.2. The number of hydrogen-bond acceptors (Lipinski definition) is 3. The first-order chi connectivity index (χ1) is 18.4. The molecule has 196 valence electrons. The summed E-state index contributed by atoms with van der Waals surface area (Å²) in [6.45, 7) is 5.63. The zero-order valence-electron chi connectivity index (χ0n) is 22.1. The van der Waals surface area contributed by atoms with E-state index in [0.717, 1.165) is 28.1 Å². The summed E-state index contributed by atoms with van der Waals surface area (Å²) < 4.78 is 32.8. The van der Waals surface area contributed by atoms with Crippen molar-refractivity contribution in [2.75, 3.05) is 6.54 Å². The molecule has 2 aliphatic carbocycles. The van der Waals surface area contributed by atoms with Crippen molar-refractivity contribution in [3.8, 4) is 0 Å². The SMILES string of the molecule is Cc1ccc(S(=O)(=O)N2C[C@@H]3[C@H]4CC[C@H](C4)[C@@H]3[C@@H](C)[C@@H]2c2cn(Cc3ccccc3)c3ncccc23)cc1. The molecule has 3 heterocycles. The molecular weight excluding hydrogens is 490 g/mol. The van der Waals surface area contributed by atoms with Crippen LogP contribution in [0, 0.1) is 36.5 Å². The summed E-state index contributed by atoms with van der Waals surface area (Å²) in [5.74, 6) is 2.65. The summed E-state index contributed by atoms with van der Waals surface area (Å²) in [5, 5.41) is 1.06. The van der Waals surface area contributed by atoms with Crippen LogP contribution in [0.5, 0.6) is 0 Å². The first-order valence-electron chi connectivity index (χ1n) is 14.0. The van der Waals surface area contributed by atoms with Gasteiger partial charge < -0.3 is 4.57 Å². The van der Waals surface area contributed by atoms with Crippen LogP contribution in [0.1, 0.15) is 48.9 Å². The Kier molecular flexibility index (Phi) is 5.75. The molecule has 2 saturated carbocycles. The van der Waals surface area contributed by atoms with Gasteiger partial charge in [0.15, 0.2) is 0 Å². The molecule has 2 bridgehead atoms. The average Bonchev–Trinajstić information content (AvgIpc) is 3.64. The summed E-state index contributed by atoms with van der Waals surface area (Å²) in [6.07, 6.45) is 7.84. The van der Waals surface area contributed by atoms with Crippen LogP contribution in [-0.2, 0) is 16.6 Å². The van der Waals surface area contributed by atoms with Gasteiger partial charge in [0.25, 0.3) is 0 Å². The van der Waals surface area contributed by atoms with Gasteiger partial charge in [-0.25, -0.2) is 13.4 Å². The zero-order chi connectivity index (χ0) is 26.0. The van der Waals surface area contributed by atoms with Gasteiger partial charge in [0.1, 0.15) is 5.65 Å². The maximum absolute atomic E-state index is 14.4. The van der Waals surface area contributed by atoms with E-state index in [0.29, 0.717) is 35.7 Å². The van der Waals surface area contributed by atoms with Crippen LogP contribution in [0.25, 0.3) is 11.0 Å². The Labute approximate surface area is 225 Å². The third kappa shape index (κ3) is 3.76. The molecule has 0 amide bonds. The third-order valence-electron chi connectivity index (χ3n) is 9.77. The number of fused-ring (bicyclic) bond motifs is 6. The number of nitrogens with zero attached hydrogens (tertiary/aromatic N) is 3.